The molecular weight excluding hydrogens is 110 g/mol. The normalized spacial score (nSPS) is 28.4. The lowest BCUT2D eigenvalue weighted by Gasteiger charge is -2.16. The highest BCUT2D eigenvalue weighted by Crippen LogP contribution is 1.83. The van der Waals surface area contributed by atoms with Gasteiger partial charge in [-0.25, -0.2) is 5.43 Å². The Kier molecular flexibility index (Phi) is 1.43. The van der Waals surface area contributed by atoms with Crippen LogP contribution in [0.3, 0.4) is 0 Å². The third kappa shape index (κ3) is 1.29. The van der Waals surface area contributed by atoms with Crippen LogP contribution in [0.2, 0.25) is 0 Å². The molecule has 1 atom stereocenters. The molecule has 0 aromatic rings. The standard InChI is InChI=1S/C3H7N3S/c7-3-4-1-2-5-6-3/h1-7H. The van der Waals surface area contributed by atoms with Crippen LogP contribution in [0, 0.1) is 0 Å². The molecule has 3 nitrogen and oxygen atoms in total. The van der Waals surface area contributed by atoms with Crippen molar-refractivity contribution in [3.05, 3.63) is 12.4 Å². The van der Waals surface area contributed by atoms with Crippen molar-refractivity contribution in [1.29, 1.82) is 0 Å². The molecular formula is C3H7N3S. The Balaban J connectivity index is 2.32. The quantitative estimate of drug-likeness (QED) is 0.319. The van der Waals surface area contributed by atoms with Crippen LogP contribution in [-0.2, 0) is 0 Å². The highest BCUT2D eigenvalue weighted by Gasteiger charge is 1.96. The van der Waals surface area contributed by atoms with E-state index in [-0.39, 0.29) is 5.50 Å². The molecule has 0 saturated heterocycles. The topological polar surface area (TPSA) is 36.1 Å². The van der Waals surface area contributed by atoms with Crippen molar-refractivity contribution >= 4 is 12.6 Å². The van der Waals surface area contributed by atoms with Crippen molar-refractivity contribution < 1.29 is 0 Å². The number of hydrogen-bond acceptors (Lipinski definition) is 4. The number of thiol groups is 1. The zero-order valence-electron chi connectivity index (χ0n) is 3.68. The predicted molar refractivity (Wildman–Crippen MR) is 31.3 cm³/mol. The number of nitrogens with one attached hydrogen (secondary N) is 3. The van der Waals surface area contributed by atoms with E-state index in [1.807, 2.05) is 0 Å². The van der Waals surface area contributed by atoms with Gasteiger partial charge in [-0.05, 0) is 0 Å². The molecule has 4 heteroatoms. The second kappa shape index (κ2) is 2.09. The first kappa shape index (κ1) is 4.80. The summed E-state index contributed by atoms with van der Waals surface area (Å²) in [7, 11) is 0. The monoisotopic (exact) mass is 117 g/mol. The van der Waals surface area contributed by atoms with Gasteiger partial charge >= 0.3 is 0 Å². The van der Waals surface area contributed by atoms with Crippen LogP contribution in [0.15, 0.2) is 12.4 Å². The largest absolute Gasteiger partial charge is 0.365 e. The van der Waals surface area contributed by atoms with E-state index >= 15 is 0 Å². The van der Waals surface area contributed by atoms with Gasteiger partial charge in [0.1, 0.15) is 5.50 Å². The molecule has 1 aliphatic rings. The summed E-state index contributed by atoms with van der Waals surface area (Å²) in [6.07, 6.45) is 3.54. The molecule has 1 rings (SSSR count). The summed E-state index contributed by atoms with van der Waals surface area (Å²) in [5.74, 6) is 0. The molecule has 0 amide bonds. The zero-order chi connectivity index (χ0) is 5.11. The average molecular weight is 117 g/mol. The van der Waals surface area contributed by atoms with Gasteiger partial charge < -0.3 is 10.7 Å². The van der Waals surface area contributed by atoms with Crippen LogP contribution >= 0.6 is 12.6 Å². The summed E-state index contributed by atoms with van der Waals surface area (Å²) in [6.45, 7) is 0. The summed E-state index contributed by atoms with van der Waals surface area (Å²) < 4.78 is 0. The predicted octanol–water partition coefficient (Wildman–Crippen LogP) is -0.632. The Hall–Kier alpha value is -0.350. The van der Waals surface area contributed by atoms with Crippen LogP contribution < -0.4 is 16.2 Å². The first-order valence-corrected chi connectivity index (χ1v) is 2.51. The second-order valence-corrected chi connectivity index (χ2v) is 1.71. The maximum atomic E-state index is 4.03. The number of hydrazine groups is 1. The molecule has 0 fully saturated rings. The van der Waals surface area contributed by atoms with Crippen LogP contribution in [0.1, 0.15) is 0 Å². The highest BCUT2D eigenvalue weighted by atomic mass is 32.1. The Morgan fingerprint density at radius 2 is 2.29 bits per heavy atom. The molecule has 3 N–H and O–H groups in total. The lowest BCUT2D eigenvalue weighted by Crippen LogP contribution is -2.45. The fourth-order valence-corrected chi connectivity index (χ4v) is 0.510. The van der Waals surface area contributed by atoms with Crippen LogP contribution in [0.25, 0.3) is 0 Å². The van der Waals surface area contributed by atoms with E-state index in [9.17, 15) is 0 Å². The van der Waals surface area contributed by atoms with E-state index in [4.69, 9.17) is 0 Å². The maximum absolute atomic E-state index is 4.03. The molecule has 0 radical (unpaired) electrons. The Bertz CT molecular complexity index is 82.2. The summed E-state index contributed by atoms with van der Waals surface area (Å²) in [5, 5.41) is 2.89. The Morgan fingerprint density at radius 3 is 2.57 bits per heavy atom. The van der Waals surface area contributed by atoms with Gasteiger partial charge in [0, 0.05) is 12.4 Å². The van der Waals surface area contributed by atoms with Crippen molar-refractivity contribution in [1.82, 2.24) is 16.2 Å². The van der Waals surface area contributed by atoms with Crippen LogP contribution in [-0.4, -0.2) is 5.50 Å². The van der Waals surface area contributed by atoms with Gasteiger partial charge in [0.2, 0.25) is 0 Å². The number of hydrogen-bond donors (Lipinski definition) is 4. The van der Waals surface area contributed by atoms with E-state index in [1.54, 1.807) is 12.4 Å². The summed E-state index contributed by atoms with van der Waals surface area (Å²) in [5.41, 5.74) is 5.60. The van der Waals surface area contributed by atoms with Gasteiger partial charge in [0.15, 0.2) is 0 Å². The first-order valence-electron chi connectivity index (χ1n) is 2.00. The molecule has 1 heterocycles. The van der Waals surface area contributed by atoms with E-state index < -0.39 is 0 Å². The van der Waals surface area contributed by atoms with Crippen molar-refractivity contribution in [2.24, 2.45) is 0 Å². The summed E-state index contributed by atoms with van der Waals surface area (Å²) in [6, 6.07) is 0. The third-order valence-electron chi connectivity index (χ3n) is 0.641. The minimum atomic E-state index is 0.0324. The fourth-order valence-electron chi connectivity index (χ4n) is 0.350. The molecule has 0 bridgehead atoms. The molecule has 0 spiro atoms. The Labute approximate surface area is 47.5 Å². The molecule has 0 aromatic heterocycles. The molecule has 7 heavy (non-hydrogen) atoms. The van der Waals surface area contributed by atoms with Crippen molar-refractivity contribution in [2.45, 2.75) is 5.50 Å². The SMILES string of the molecule is SC1NC=CNN1. The fraction of sp³-hybridized carbons (Fsp3) is 0.333. The van der Waals surface area contributed by atoms with Gasteiger partial charge in [0.25, 0.3) is 0 Å². The van der Waals surface area contributed by atoms with E-state index in [1.165, 1.54) is 0 Å². The zero-order valence-corrected chi connectivity index (χ0v) is 4.57. The van der Waals surface area contributed by atoms with Crippen molar-refractivity contribution in [3.63, 3.8) is 0 Å². The molecule has 40 valence electrons. The highest BCUT2D eigenvalue weighted by molar-refractivity contribution is 7.80. The minimum absolute atomic E-state index is 0.0324. The van der Waals surface area contributed by atoms with Crippen LogP contribution in [0.5, 0.6) is 0 Å². The van der Waals surface area contributed by atoms with Crippen molar-refractivity contribution in [2.75, 3.05) is 0 Å². The van der Waals surface area contributed by atoms with E-state index in [0.717, 1.165) is 0 Å². The van der Waals surface area contributed by atoms with Gasteiger partial charge in [-0.1, -0.05) is 0 Å². The smallest absolute Gasteiger partial charge is 0.139 e. The van der Waals surface area contributed by atoms with Gasteiger partial charge in [-0.3, -0.25) is 0 Å². The molecule has 0 aromatic carbocycles. The Morgan fingerprint density at radius 1 is 1.43 bits per heavy atom. The molecule has 0 saturated carbocycles. The lowest BCUT2D eigenvalue weighted by atomic mass is 10.8. The lowest BCUT2D eigenvalue weighted by molar-refractivity contribution is 0.531. The second-order valence-electron chi connectivity index (χ2n) is 1.19. The molecule has 1 aliphatic heterocycles. The molecule has 0 aliphatic carbocycles. The first-order chi connectivity index (χ1) is 3.39. The molecule has 1 unspecified atom stereocenters. The van der Waals surface area contributed by atoms with E-state index in [0.29, 0.717) is 0 Å². The van der Waals surface area contributed by atoms with E-state index in [2.05, 4.69) is 28.8 Å². The summed E-state index contributed by atoms with van der Waals surface area (Å²) >= 11 is 4.03. The van der Waals surface area contributed by atoms with Gasteiger partial charge in [0.05, 0.1) is 0 Å². The van der Waals surface area contributed by atoms with Gasteiger partial charge in [-0.15, -0.1) is 12.6 Å². The maximum Gasteiger partial charge on any atom is 0.139 e. The number of rotatable bonds is 0. The summed E-state index contributed by atoms with van der Waals surface area (Å²) in [4.78, 5) is 0. The van der Waals surface area contributed by atoms with Gasteiger partial charge in [-0.2, -0.15) is 0 Å². The van der Waals surface area contributed by atoms with Crippen molar-refractivity contribution in [3.8, 4) is 0 Å². The van der Waals surface area contributed by atoms with Crippen LogP contribution in [0.4, 0.5) is 0 Å². The average Bonchev–Trinajstić information content (AvgIpc) is 1.69. The minimum Gasteiger partial charge on any atom is -0.365 e. The third-order valence-corrected chi connectivity index (χ3v) is 0.919.